The maximum absolute atomic E-state index is 12.7. The minimum absolute atomic E-state index is 0.0891. The molecule has 1 amide bonds. The van der Waals surface area contributed by atoms with Gasteiger partial charge in [-0.2, -0.15) is 0 Å². The van der Waals surface area contributed by atoms with Crippen LogP contribution in [0.15, 0.2) is 30.5 Å². The van der Waals surface area contributed by atoms with E-state index < -0.39 is 0 Å². The van der Waals surface area contributed by atoms with Crippen molar-refractivity contribution in [3.05, 3.63) is 47.2 Å². The minimum Gasteiger partial charge on any atom is -0.492 e. The predicted octanol–water partition coefficient (Wildman–Crippen LogP) is 3.32. The number of rotatable bonds is 3. The van der Waals surface area contributed by atoms with E-state index >= 15 is 0 Å². The molecule has 1 aromatic heterocycles. The van der Waals surface area contributed by atoms with Crippen LogP contribution in [0.3, 0.4) is 0 Å². The van der Waals surface area contributed by atoms with Gasteiger partial charge in [-0.25, -0.2) is 4.98 Å². The first kappa shape index (κ1) is 15.3. The summed E-state index contributed by atoms with van der Waals surface area (Å²) in [5.41, 5.74) is 2.98. The topological polar surface area (TPSA) is 60.5 Å². The molecule has 0 saturated carbocycles. The summed E-state index contributed by atoms with van der Waals surface area (Å²) in [6.07, 6.45) is 1.69. The molecule has 0 aliphatic carbocycles. The van der Waals surface area contributed by atoms with Gasteiger partial charge in [0.2, 0.25) is 5.88 Å². The summed E-state index contributed by atoms with van der Waals surface area (Å²) in [7, 11) is 1.53. The fourth-order valence-corrected chi connectivity index (χ4v) is 2.73. The highest BCUT2D eigenvalue weighted by atomic mass is 16.5. The highest BCUT2D eigenvalue weighted by Crippen LogP contribution is 2.40. The number of aryl methyl sites for hydroxylation is 1. The first-order valence-corrected chi connectivity index (χ1v) is 7.50. The molecule has 0 spiro atoms. The second-order valence-corrected chi connectivity index (χ2v) is 6.38. The molecule has 0 bridgehead atoms. The number of para-hydroxylation sites is 1. The highest BCUT2D eigenvalue weighted by molar-refractivity contribution is 6.07. The number of carbonyl (C=O) groups is 1. The SMILES string of the molecule is COc1ncc(C)cc1NC(=O)c1cccc2c1OCC2(C)C. The Bertz CT molecular complexity index is 769. The van der Waals surface area contributed by atoms with E-state index in [1.807, 2.05) is 25.1 Å². The van der Waals surface area contributed by atoms with Crippen molar-refractivity contribution in [2.45, 2.75) is 26.2 Å². The van der Waals surface area contributed by atoms with Gasteiger partial charge >= 0.3 is 0 Å². The molecule has 0 fully saturated rings. The number of pyridine rings is 1. The zero-order chi connectivity index (χ0) is 16.6. The van der Waals surface area contributed by atoms with E-state index in [4.69, 9.17) is 9.47 Å². The lowest BCUT2D eigenvalue weighted by Gasteiger charge is -2.15. The molecule has 120 valence electrons. The Balaban J connectivity index is 1.94. The first-order chi connectivity index (χ1) is 10.9. The van der Waals surface area contributed by atoms with E-state index in [-0.39, 0.29) is 11.3 Å². The van der Waals surface area contributed by atoms with Gasteiger partial charge in [0, 0.05) is 17.2 Å². The van der Waals surface area contributed by atoms with Gasteiger partial charge in [-0.15, -0.1) is 0 Å². The number of nitrogens with one attached hydrogen (secondary N) is 1. The molecule has 0 atom stereocenters. The van der Waals surface area contributed by atoms with Gasteiger partial charge in [0.25, 0.3) is 5.91 Å². The van der Waals surface area contributed by atoms with Crippen molar-refractivity contribution in [3.8, 4) is 11.6 Å². The third-order valence-electron chi connectivity index (χ3n) is 4.00. The maximum Gasteiger partial charge on any atom is 0.259 e. The second-order valence-electron chi connectivity index (χ2n) is 6.38. The first-order valence-electron chi connectivity index (χ1n) is 7.50. The van der Waals surface area contributed by atoms with E-state index in [9.17, 15) is 4.79 Å². The molecule has 5 heteroatoms. The number of hydrogen-bond acceptors (Lipinski definition) is 4. The normalized spacial score (nSPS) is 14.8. The monoisotopic (exact) mass is 312 g/mol. The van der Waals surface area contributed by atoms with Crippen LogP contribution in [-0.4, -0.2) is 24.6 Å². The lowest BCUT2D eigenvalue weighted by atomic mass is 9.86. The molecule has 2 heterocycles. The van der Waals surface area contributed by atoms with Crippen LogP contribution in [0.1, 0.15) is 35.3 Å². The summed E-state index contributed by atoms with van der Waals surface area (Å²) in [6.45, 7) is 6.69. The van der Waals surface area contributed by atoms with Crippen molar-refractivity contribution < 1.29 is 14.3 Å². The number of aromatic nitrogens is 1. The summed E-state index contributed by atoms with van der Waals surface area (Å²) in [4.78, 5) is 16.9. The number of ether oxygens (including phenoxy) is 2. The summed E-state index contributed by atoms with van der Waals surface area (Å²) in [6, 6.07) is 7.49. The van der Waals surface area contributed by atoms with Crippen molar-refractivity contribution in [1.82, 2.24) is 4.98 Å². The minimum atomic E-state index is -0.231. The Hall–Kier alpha value is -2.56. The Morgan fingerprint density at radius 2 is 2.17 bits per heavy atom. The van der Waals surface area contributed by atoms with Gasteiger partial charge < -0.3 is 14.8 Å². The quantitative estimate of drug-likeness (QED) is 0.944. The molecule has 0 unspecified atom stereocenters. The van der Waals surface area contributed by atoms with Gasteiger partial charge in [0.05, 0.1) is 19.3 Å². The number of benzene rings is 1. The van der Waals surface area contributed by atoms with E-state index in [1.54, 1.807) is 12.3 Å². The number of hydrogen-bond donors (Lipinski definition) is 1. The number of methoxy groups -OCH3 is 1. The van der Waals surface area contributed by atoms with Crippen LogP contribution in [0.25, 0.3) is 0 Å². The van der Waals surface area contributed by atoms with Crippen LogP contribution >= 0.6 is 0 Å². The molecule has 1 aliphatic heterocycles. The fraction of sp³-hybridized carbons (Fsp3) is 0.333. The molecule has 2 aromatic rings. The number of nitrogens with zero attached hydrogens (tertiary/aromatic N) is 1. The predicted molar refractivity (Wildman–Crippen MR) is 88.4 cm³/mol. The average molecular weight is 312 g/mol. The third-order valence-corrected chi connectivity index (χ3v) is 4.00. The largest absolute Gasteiger partial charge is 0.492 e. The van der Waals surface area contributed by atoms with Gasteiger partial charge in [-0.1, -0.05) is 26.0 Å². The standard InChI is InChI=1S/C18H20N2O3/c1-11-8-14(17(22-4)19-9-11)20-16(21)12-6-5-7-13-15(12)23-10-18(13,2)3/h5-9H,10H2,1-4H3,(H,20,21). The van der Waals surface area contributed by atoms with Crippen molar-refractivity contribution >= 4 is 11.6 Å². The van der Waals surface area contributed by atoms with E-state index in [0.29, 0.717) is 29.5 Å². The van der Waals surface area contributed by atoms with Gasteiger partial charge in [0.15, 0.2) is 0 Å². The van der Waals surface area contributed by atoms with Crippen LogP contribution in [0.2, 0.25) is 0 Å². The third kappa shape index (κ3) is 2.74. The average Bonchev–Trinajstić information content (AvgIpc) is 2.83. The molecular formula is C18H20N2O3. The molecule has 3 rings (SSSR count). The highest BCUT2D eigenvalue weighted by Gasteiger charge is 2.34. The Morgan fingerprint density at radius 1 is 1.39 bits per heavy atom. The van der Waals surface area contributed by atoms with Crippen molar-refractivity contribution in [2.75, 3.05) is 19.0 Å². The summed E-state index contributed by atoms with van der Waals surface area (Å²) < 4.78 is 11.0. The molecule has 0 saturated heterocycles. The summed E-state index contributed by atoms with van der Waals surface area (Å²) in [5, 5.41) is 2.87. The molecule has 1 N–H and O–H groups in total. The summed E-state index contributed by atoms with van der Waals surface area (Å²) in [5.74, 6) is 0.817. The number of anilines is 1. The molecule has 1 aliphatic rings. The van der Waals surface area contributed by atoms with Crippen LogP contribution in [0.5, 0.6) is 11.6 Å². The number of fused-ring (bicyclic) bond motifs is 1. The van der Waals surface area contributed by atoms with Crippen LogP contribution < -0.4 is 14.8 Å². The lowest BCUT2D eigenvalue weighted by molar-refractivity contribution is 0.102. The lowest BCUT2D eigenvalue weighted by Crippen LogP contribution is -2.18. The second kappa shape index (κ2) is 5.57. The molecular weight excluding hydrogens is 292 g/mol. The van der Waals surface area contributed by atoms with Gasteiger partial charge in [-0.3, -0.25) is 4.79 Å². The Kier molecular flexibility index (Phi) is 3.72. The fourth-order valence-electron chi connectivity index (χ4n) is 2.73. The number of carbonyl (C=O) groups excluding carboxylic acids is 1. The molecule has 5 nitrogen and oxygen atoms in total. The molecule has 1 aromatic carbocycles. The smallest absolute Gasteiger partial charge is 0.259 e. The Labute approximate surface area is 135 Å². The van der Waals surface area contributed by atoms with Gasteiger partial charge in [0.1, 0.15) is 11.4 Å². The zero-order valence-electron chi connectivity index (χ0n) is 13.8. The van der Waals surface area contributed by atoms with Crippen molar-refractivity contribution in [2.24, 2.45) is 0 Å². The van der Waals surface area contributed by atoms with Crippen LogP contribution in [-0.2, 0) is 5.41 Å². The zero-order valence-corrected chi connectivity index (χ0v) is 13.8. The van der Waals surface area contributed by atoms with E-state index in [0.717, 1.165) is 11.1 Å². The van der Waals surface area contributed by atoms with Crippen LogP contribution in [0, 0.1) is 6.92 Å². The molecule has 23 heavy (non-hydrogen) atoms. The number of amides is 1. The summed E-state index contributed by atoms with van der Waals surface area (Å²) >= 11 is 0. The van der Waals surface area contributed by atoms with Gasteiger partial charge in [-0.05, 0) is 24.6 Å². The van der Waals surface area contributed by atoms with Crippen molar-refractivity contribution in [1.29, 1.82) is 0 Å². The van der Waals surface area contributed by atoms with E-state index in [2.05, 4.69) is 24.1 Å². The molecule has 0 radical (unpaired) electrons. The maximum atomic E-state index is 12.7. The van der Waals surface area contributed by atoms with Crippen LogP contribution in [0.4, 0.5) is 5.69 Å². The van der Waals surface area contributed by atoms with Crippen molar-refractivity contribution in [3.63, 3.8) is 0 Å². The van der Waals surface area contributed by atoms with E-state index in [1.165, 1.54) is 7.11 Å². The Morgan fingerprint density at radius 3 is 2.91 bits per heavy atom.